The van der Waals surface area contributed by atoms with E-state index >= 15 is 0 Å². The van der Waals surface area contributed by atoms with Crippen LogP contribution < -0.4 is 0 Å². The number of rotatable bonds is 6. The third-order valence-electron chi connectivity index (χ3n) is 3.30. The lowest BCUT2D eigenvalue weighted by Gasteiger charge is -2.20. The van der Waals surface area contributed by atoms with Crippen LogP contribution in [0.15, 0.2) is 42.7 Å². The van der Waals surface area contributed by atoms with E-state index in [-0.39, 0.29) is 5.56 Å². The van der Waals surface area contributed by atoms with Gasteiger partial charge in [0.25, 0.3) is 0 Å². The molecule has 0 radical (unpaired) electrons. The van der Waals surface area contributed by atoms with E-state index in [0.29, 0.717) is 6.54 Å². The van der Waals surface area contributed by atoms with Crippen molar-refractivity contribution < 1.29 is 8.78 Å². The molecule has 0 aliphatic carbocycles. The maximum atomic E-state index is 13.6. The van der Waals surface area contributed by atoms with Crippen LogP contribution in [0.1, 0.15) is 16.5 Å². The maximum absolute atomic E-state index is 13.6. The molecule has 0 amide bonds. The van der Waals surface area contributed by atoms with Gasteiger partial charge < -0.3 is 4.90 Å². The van der Waals surface area contributed by atoms with Crippen molar-refractivity contribution in [3.63, 3.8) is 0 Å². The Morgan fingerprint density at radius 3 is 2.62 bits per heavy atom. The standard InChI is InChI=1S/C16H17ClF2N2/c1-21(9-6-12-4-7-20-8-5-12)11-15(17)14-10-13(18)2-3-16(14)19/h2-5,7-8,10,15H,6,9,11H2,1H3. The van der Waals surface area contributed by atoms with Crippen molar-refractivity contribution in [2.45, 2.75) is 11.8 Å². The SMILES string of the molecule is CN(CCc1ccncc1)CC(Cl)c1cc(F)ccc1F. The van der Waals surface area contributed by atoms with Gasteiger partial charge in [0, 0.05) is 31.0 Å². The molecule has 0 aliphatic heterocycles. The molecule has 1 aromatic carbocycles. The molecule has 0 N–H and O–H groups in total. The first-order chi connectivity index (χ1) is 10.1. The molecule has 0 fully saturated rings. The number of benzene rings is 1. The van der Waals surface area contributed by atoms with E-state index in [4.69, 9.17) is 11.6 Å². The van der Waals surface area contributed by atoms with Gasteiger partial charge in [-0.3, -0.25) is 4.98 Å². The molecule has 2 rings (SSSR count). The van der Waals surface area contributed by atoms with Crippen molar-refractivity contribution in [1.82, 2.24) is 9.88 Å². The smallest absolute Gasteiger partial charge is 0.128 e. The zero-order chi connectivity index (χ0) is 15.2. The number of nitrogens with zero attached hydrogens (tertiary/aromatic N) is 2. The van der Waals surface area contributed by atoms with Crippen LogP contribution in [0.5, 0.6) is 0 Å². The van der Waals surface area contributed by atoms with Crippen LogP contribution in [0.25, 0.3) is 0 Å². The molecule has 2 nitrogen and oxygen atoms in total. The molecule has 1 aromatic heterocycles. The monoisotopic (exact) mass is 310 g/mol. The summed E-state index contributed by atoms with van der Waals surface area (Å²) in [5.74, 6) is -0.949. The molecule has 0 aliphatic rings. The van der Waals surface area contributed by atoms with Crippen molar-refractivity contribution in [2.75, 3.05) is 20.1 Å². The minimum atomic E-state index is -0.580. The summed E-state index contributed by atoms with van der Waals surface area (Å²) in [5, 5.41) is -0.580. The van der Waals surface area contributed by atoms with Crippen molar-refractivity contribution in [1.29, 1.82) is 0 Å². The van der Waals surface area contributed by atoms with E-state index in [1.54, 1.807) is 12.4 Å². The van der Waals surface area contributed by atoms with Gasteiger partial charge in [0.05, 0.1) is 5.38 Å². The summed E-state index contributed by atoms with van der Waals surface area (Å²) in [4.78, 5) is 5.97. The summed E-state index contributed by atoms with van der Waals surface area (Å²) < 4.78 is 26.8. The highest BCUT2D eigenvalue weighted by Crippen LogP contribution is 2.25. The minimum Gasteiger partial charge on any atom is -0.304 e. The van der Waals surface area contributed by atoms with Crippen molar-refractivity contribution >= 4 is 11.6 Å². The lowest BCUT2D eigenvalue weighted by Crippen LogP contribution is -2.25. The van der Waals surface area contributed by atoms with Gasteiger partial charge in [0.1, 0.15) is 11.6 Å². The highest BCUT2D eigenvalue weighted by atomic mass is 35.5. The Hall–Kier alpha value is -1.52. The van der Waals surface area contributed by atoms with Crippen LogP contribution >= 0.6 is 11.6 Å². The Kier molecular flexibility index (Phi) is 5.65. The third-order valence-corrected chi connectivity index (χ3v) is 3.67. The Morgan fingerprint density at radius 1 is 1.19 bits per heavy atom. The van der Waals surface area contributed by atoms with E-state index in [1.165, 1.54) is 5.56 Å². The Balaban J connectivity index is 1.90. The van der Waals surface area contributed by atoms with Gasteiger partial charge in [-0.25, -0.2) is 8.78 Å². The Morgan fingerprint density at radius 2 is 1.90 bits per heavy atom. The topological polar surface area (TPSA) is 16.1 Å². The molecular formula is C16H17ClF2N2. The summed E-state index contributed by atoms with van der Waals surface area (Å²) in [6, 6.07) is 7.27. The van der Waals surface area contributed by atoms with Gasteiger partial charge in [0.15, 0.2) is 0 Å². The number of likely N-dealkylation sites (N-methyl/N-ethyl adjacent to an activating group) is 1. The largest absolute Gasteiger partial charge is 0.304 e. The predicted octanol–water partition coefficient (Wildman–Crippen LogP) is 3.81. The zero-order valence-corrected chi connectivity index (χ0v) is 12.5. The predicted molar refractivity (Wildman–Crippen MR) is 80.4 cm³/mol. The normalized spacial score (nSPS) is 12.6. The summed E-state index contributed by atoms with van der Waals surface area (Å²) in [7, 11) is 1.91. The molecule has 1 atom stereocenters. The highest BCUT2D eigenvalue weighted by molar-refractivity contribution is 6.21. The number of pyridine rings is 1. The summed E-state index contributed by atoms with van der Waals surface area (Å²) in [6.07, 6.45) is 4.36. The molecule has 0 saturated heterocycles. The van der Waals surface area contributed by atoms with Crippen LogP contribution in [-0.4, -0.2) is 30.0 Å². The van der Waals surface area contributed by atoms with Crippen molar-refractivity contribution in [3.05, 3.63) is 65.5 Å². The van der Waals surface area contributed by atoms with Gasteiger partial charge >= 0.3 is 0 Å². The number of hydrogen-bond acceptors (Lipinski definition) is 2. The number of hydrogen-bond donors (Lipinski definition) is 0. The van der Waals surface area contributed by atoms with Gasteiger partial charge in [-0.15, -0.1) is 11.6 Å². The van der Waals surface area contributed by atoms with Crippen molar-refractivity contribution in [2.24, 2.45) is 0 Å². The summed E-state index contributed by atoms with van der Waals surface area (Å²) in [6.45, 7) is 1.23. The van der Waals surface area contributed by atoms with Gasteiger partial charge in [-0.1, -0.05) is 0 Å². The number of halogens is 3. The molecule has 112 valence electrons. The quantitative estimate of drug-likeness (QED) is 0.754. The zero-order valence-electron chi connectivity index (χ0n) is 11.8. The fourth-order valence-electron chi connectivity index (χ4n) is 2.09. The van der Waals surface area contributed by atoms with E-state index in [9.17, 15) is 8.78 Å². The molecule has 1 heterocycles. The molecule has 5 heteroatoms. The third kappa shape index (κ3) is 4.76. The average molecular weight is 311 g/mol. The molecule has 21 heavy (non-hydrogen) atoms. The van der Waals surface area contributed by atoms with E-state index in [0.717, 1.165) is 31.2 Å². The lowest BCUT2D eigenvalue weighted by atomic mass is 10.1. The summed E-state index contributed by atoms with van der Waals surface area (Å²) in [5.41, 5.74) is 1.38. The first-order valence-electron chi connectivity index (χ1n) is 6.72. The van der Waals surface area contributed by atoms with Crippen LogP contribution in [-0.2, 0) is 6.42 Å². The molecular weight excluding hydrogens is 294 g/mol. The van der Waals surface area contributed by atoms with E-state index in [1.807, 2.05) is 24.1 Å². The fourth-order valence-corrected chi connectivity index (χ4v) is 2.49. The fraction of sp³-hybridized carbons (Fsp3) is 0.312. The Bertz CT molecular complexity index is 578. The van der Waals surface area contributed by atoms with Crippen LogP contribution in [0.4, 0.5) is 8.78 Å². The van der Waals surface area contributed by atoms with Gasteiger partial charge in [-0.05, 0) is 49.4 Å². The van der Waals surface area contributed by atoms with E-state index < -0.39 is 17.0 Å². The van der Waals surface area contributed by atoms with Crippen LogP contribution in [0.2, 0.25) is 0 Å². The number of alkyl halides is 1. The Labute approximate surface area is 128 Å². The summed E-state index contributed by atoms with van der Waals surface area (Å²) >= 11 is 6.20. The number of aromatic nitrogens is 1. The first-order valence-corrected chi connectivity index (χ1v) is 7.16. The van der Waals surface area contributed by atoms with Gasteiger partial charge in [0.2, 0.25) is 0 Å². The molecule has 0 saturated carbocycles. The molecule has 1 unspecified atom stereocenters. The van der Waals surface area contributed by atoms with Crippen LogP contribution in [0, 0.1) is 11.6 Å². The van der Waals surface area contributed by atoms with Gasteiger partial charge in [-0.2, -0.15) is 0 Å². The molecule has 0 spiro atoms. The van der Waals surface area contributed by atoms with E-state index in [2.05, 4.69) is 4.98 Å². The molecule has 2 aromatic rings. The van der Waals surface area contributed by atoms with Crippen molar-refractivity contribution in [3.8, 4) is 0 Å². The average Bonchev–Trinajstić information content (AvgIpc) is 2.48. The highest BCUT2D eigenvalue weighted by Gasteiger charge is 2.16. The van der Waals surface area contributed by atoms with Crippen LogP contribution in [0.3, 0.4) is 0 Å². The molecule has 0 bridgehead atoms. The second-order valence-corrected chi connectivity index (χ2v) is 5.53. The first kappa shape index (κ1) is 15.9. The maximum Gasteiger partial charge on any atom is 0.128 e. The minimum absolute atomic E-state index is 0.201. The second-order valence-electron chi connectivity index (χ2n) is 5.00. The lowest BCUT2D eigenvalue weighted by molar-refractivity contribution is 0.336. The second kappa shape index (κ2) is 7.48.